The summed E-state index contributed by atoms with van der Waals surface area (Å²) >= 11 is 5.90. The lowest BCUT2D eigenvalue weighted by atomic mass is 10.1. The van der Waals surface area contributed by atoms with Crippen LogP contribution in [0.3, 0.4) is 0 Å². The van der Waals surface area contributed by atoms with Crippen molar-refractivity contribution in [2.24, 2.45) is 0 Å². The van der Waals surface area contributed by atoms with Gasteiger partial charge < -0.3 is 14.4 Å². The minimum atomic E-state index is -1.12. The van der Waals surface area contributed by atoms with E-state index in [0.717, 1.165) is 0 Å². The van der Waals surface area contributed by atoms with Crippen molar-refractivity contribution >= 4 is 29.2 Å². The van der Waals surface area contributed by atoms with Crippen LogP contribution in [-0.2, 0) is 11.3 Å². The van der Waals surface area contributed by atoms with Crippen molar-refractivity contribution in [2.45, 2.75) is 13.5 Å². The number of anilines is 1. The largest absolute Gasteiger partial charge is 0.478 e. The molecule has 5 nitrogen and oxygen atoms in total. The number of aromatic carboxylic acids is 1. The average Bonchev–Trinajstić information content (AvgIpc) is 2.87. The van der Waals surface area contributed by atoms with E-state index >= 15 is 0 Å². The van der Waals surface area contributed by atoms with E-state index in [0.29, 0.717) is 10.8 Å². The summed E-state index contributed by atoms with van der Waals surface area (Å²) in [6.45, 7) is 1.50. The molecule has 0 aliphatic heterocycles. The average molecular weight is 294 g/mol. The highest BCUT2D eigenvalue weighted by Crippen LogP contribution is 2.27. The third-order valence-electron chi connectivity index (χ3n) is 2.76. The molecule has 104 valence electrons. The van der Waals surface area contributed by atoms with Crippen LogP contribution in [0.5, 0.6) is 0 Å². The Kier molecular flexibility index (Phi) is 4.10. The van der Waals surface area contributed by atoms with Crippen molar-refractivity contribution in [3.05, 3.63) is 52.9 Å². The van der Waals surface area contributed by atoms with E-state index in [-0.39, 0.29) is 23.7 Å². The van der Waals surface area contributed by atoms with E-state index in [1.54, 1.807) is 12.1 Å². The Morgan fingerprint density at radius 1 is 1.35 bits per heavy atom. The normalized spacial score (nSPS) is 10.3. The number of benzene rings is 1. The van der Waals surface area contributed by atoms with E-state index in [4.69, 9.17) is 16.0 Å². The summed E-state index contributed by atoms with van der Waals surface area (Å²) in [5.41, 5.74) is 0.255. The van der Waals surface area contributed by atoms with Gasteiger partial charge in [-0.15, -0.1) is 0 Å². The molecule has 0 aliphatic carbocycles. The lowest BCUT2D eigenvalue weighted by Crippen LogP contribution is -2.29. The molecule has 20 heavy (non-hydrogen) atoms. The molecule has 0 spiro atoms. The van der Waals surface area contributed by atoms with E-state index in [9.17, 15) is 14.7 Å². The minimum Gasteiger partial charge on any atom is -0.478 e. The first-order valence-electron chi connectivity index (χ1n) is 5.82. The van der Waals surface area contributed by atoms with Crippen LogP contribution in [0, 0.1) is 0 Å². The van der Waals surface area contributed by atoms with Gasteiger partial charge in [0.05, 0.1) is 24.1 Å². The summed E-state index contributed by atoms with van der Waals surface area (Å²) in [6.07, 6.45) is 1.49. The van der Waals surface area contributed by atoms with Gasteiger partial charge in [0.15, 0.2) is 0 Å². The lowest BCUT2D eigenvalue weighted by molar-refractivity contribution is -0.116. The number of halogens is 1. The van der Waals surface area contributed by atoms with Gasteiger partial charge in [-0.2, -0.15) is 0 Å². The Morgan fingerprint density at radius 3 is 2.65 bits per heavy atom. The van der Waals surface area contributed by atoms with Gasteiger partial charge in [-0.1, -0.05) is 11.6 Å². The molecule has 6 heteroatoms. The highest BCUT2D eigenvalue weighted by atomic mass is 35.5. The number of hydrogen-bond donors (Lipinski definition) is 1. The van der Waals surface area contributed by atoms with Crippen LogP contribution in [0.25, 0.3) is 0 Å². The second kappa shape index (κ2) is 5.79. The monoisotopic (exact) mass is 293 g/mol. The van der Waals surface area contributed by atoms with Gasteiger partial charge in [0.1, 0.15) is 5.76 Å². The highest BCUT2D eigenvalue weighted by Gasteiger charge is 2.20. The van der Waals surface area contributed by atoms with Crippen molar-refractivity contribution in [3.8, 4) is 0 Å². The molecular weight excluding hydrogens is 282 g/mol. The number of amides is 1. The number of nitrogens with zero attached hydrogens (tertiary/aromatic N) is 1. The van der Waals surface area contributed by atoms with Crippen LogP contribution >= 0.6 is 11.6 Å². The summed E-state index contributed by atoms with van der Waals surface area (Å²) in [6, 6.07) is 7.71. The van der Waals surface area contributed by atoms with Crippen LogP contribution in [0.4, 0.5) is 5.69 Å². The molecule has 1 aromatic heterocycles. The topological polar surface area (TPSA) is 70.8 Å². The zero-order valence-corrected chi connectivity index (χ0v) is 11.4. The summed E-state index contributed by atoms with van der Waals surface area (Å²) in [5.74, 6) is -0.870. The Balaban J connectivity index is 2.46. The maximum Gasteiger partial charge on any atom is 0.337 e. The third kappa shape index (κ3) is 3.00. The van der Waals surface area contributed by atoms with Crippen LogP contribution in [0.1, 0.15) is 23.0 Å². The Bertz CT molecular complexity index is 637. The van der Waals surface area contributed by atoms with Crippen molar-refractivity contribution in [1.82, 2.24) is 0 Å². The molecule has 0 unspecified atom stereocenters. The SMILES string of the molecule is CC(=O)N(Cc1ccco1)c1cc(Cl)ccc1C(=O)O. The Morgan fingerprint density at radius 2 is 2.10 bits per heavy atom. The summed E-state index contributed by atoms with van der Waals surface area (Å²) in [4.78, 5) is 24.4. The van der Waals surface area contributed by atoms with Crippen LogP contribution in [0.2, 0.25) is 5.02 Å². The summed E-state index contributed by atoms with van der Waals surface area (Å²) in [7, 11) is 0. The number of carbonyl (C=O) groups is 2. The lowest BCUT2D eigenvalue weighted by Gasteiger charge is -2.22. The van der Waals surface area contributed by atoms with Crippen molar-refractivity contribution < 1.29 is 19.1 Å². The van der Waals surface area contributed by atoms with Crippen LogP contribution in [-0.4, -0.2) is 17.0 Å². The Hall–Kier alpha value is -2.27. The zero-order valence-electron chi connectivity index (χ0n) is 10.7. The molecule has 0 saturated heterocycles. The van der Waals surface area contributed by atoms with Gasteiger partial charge in [-0.25, -0.2) is 4.79 Å². The molecule has 1 amide bonds. The molecular formula is C14H12ClNO4. The molecule has 1 aromatic carbocycles. The fourth-order valence-corrected chi connectivity index (χ4v) is 2.00. The molecule has 0 saturated carbocycles. The molecule has 0 atom stereocenters. The van der Waals surface area contributed by atoms with Gasteiger partial charge in [0, 0.05) is 11.9 Å². The van der Waals surface area contributed by atoms with Gasteiger partial charge in [-0.3, -0.25) is 4.79 Å². The van der Waals surface area contributed by atoms with Crippen LogP contribution < -0.4 is 4.90 Å². The van der Waals surface area contributed by atoms with Gasteiger partial charge >= 0.3 is 5.97 Å². The molecule has 0 fully saturated rings. The standard InChI is InChI=1S/C14H12ClNO4/c1-9(17)16(8-11-3-2-6-20-11)13-7-10(15)4-5-12(13)14(18)19/h2-7H,8H2,1H3,(H,18,19). The molecule has 1 heterocycles. The van der Waals surface area contributed by atoms with E-state index in [1.165, 1.54) is 36.3 Å². The second-order valence-corrected chi connectivity index (χ2v) is 4.59. The maximum atomic E-state index is 11.8. The number of carbonyl (C=O) groups excluding carboxylic acids is 1. The van der Waals surface area contributed by atoms with Gasteiger partial charge in [0.2, 0.25) is 5.91 Å². The second-order valence-electron chi connectivity index (χ2n) is 4.15. The molecule has 0 aliphatic rings. The number of carboxylic acid groups (broad SMARTS) is 1. The van der Waals surface area contributed by atoms with Gasteiger partial charge in [0.25, 0.3) is 0 Å². The van der Waals surface area contributed by atoms with E-state index in [2.05, 4.69) is 0 Å². The smallest absolute Gasteiger partial charge is 0.337 e. The summed E-state index contributed by atoms with van der Waals surface area (Å²) in [5, 5.41) is 9.57. The maximum absolute atomic E-state index is 11.8. The number of rotatable bonds is 4. The van der Waals surface area contributed by atoms with Crippen LogP contribution in [0.15, 0.2) is 41.0 Å². The van der Waals surface area contributed by atoms with E-state index in [1.807, 2.05) is 0 Å². The molecule has 0 radical (unpaired) electrons. The van der Waals surface area contributed by atoms with Gasteiger partial charge in [-0.05, 0) is 30.3 Å². The quantitative estimate of drug-likeness (QED) is 0.940. The van der Waals surface area contributed by atoms with Crippen molar-refractivity contribution in [1.29, 1.82) is 0 Å². The minimum absolute atomic E-state index is 0.0103. The fraction of sp³-hybridized carbons (Fsp3) is 0.143. The zero-order chi connectivity index (χ0) is 14.7. The predicted molar refractivity (Wildman–Crippen MR) is 74.0 cm³/mol. The Labute approximate surface area is 120 Å². The third-order valence-corrected chi connectivity index (χ3v) is 2.99. The summed E-state index contributed by atoms with van der Waals surface area (Å²) < 4.78 is 5.19. The predicted octanol–water partition coefficient (Wildman–Crippen LogP) is 3.18. The van der Waals surface area contributed by atoms with Crippen molar-refractivity contribution in [2.75, 3.05) is 4.90 Å². The molecule has 2 aromatic rings. The number of furan rings is 1. The van der Waals surface area contributed by atoms with E-state index < -0.39 is 5.97 Å². The molecule has 2 rings (SSSR count). The first-order chi connectivity index (χ1) is 9.49. The van der Waals surface area contributed by atoms with Crippen molar-refractivity contribution in [3.63, 3.8) is 0 Å². The fourth-order valence-electron chi connectivity index (χ4n) is 1.83. The highest BCUT2D eigenvalue weighted by molar-refractivity contribution is 6.31. The molecule has 0 bridgehead atoms. The first-order valence-corrected chi connectivity index (χ1v) is 6.20. The number of hydrogen-bond acceptors (Lipinski definition) is 3. The first kappa shape index (κ1) is 14.1. The number of carboxylic acids is 1. The molecule has 1 N–H and O–H groups in total.